The Labute approximate surface area is 219 Å². The van der Waals surface area contributed by atoms with E-state index in [2.05, 4.69) is 96.8 Å². The predicted octanol–water partition coefficient (Wildman–Crippen LogP) is 8.25. The van der Waals surface area contributed by atoms with Crippen LogP contribution in [0.4, 0.5) is 5.69 Å². The van der Waals surface area contributed by atoms with Gasteiger partial charge in [0.05, 0.1) is 0 Å². The van der Waals surface area contributed by atoms with Gasteiger partial charge in [0.1, 0.15) is 0 Å². The van der Waals surface area contributed by atoms with Gasteiger partial charge in [-0.2, -0.15) is 0 Å². The molecule has 34 heavy (non-hydrogen) atoms. The van der Waals surface area contributed by atoms with Gasteiger partial charge in [-0.05, 0) is 44.7 Å². The van der Waals surface area contributed by atoms with Crippen LogP contribution in [0.3, 0.4) is 0 Å². The predicted molar refractivity (Wildman–Crippen MR) is 146 cm³/mol. The maximum atomic E-state index is 5.53. The van der Waals surface area contributed by atoms with Gasteiger partial charge in [-0.1, -0.05) is 64.7 Å². The van der Waals surface area contributed by atoms with Crippen LogP contribution in [0.1, 0.15) is 96.4 Å². The monoisotopic (exact) mass is 550 g/mol. The zero-order valence-electron chi connectivity index (χ0n) is 22.8. The standard InChI is InChI=1S/C21H34N.C10H12O.Ru/c1-8-10-17-12-16(3)13-18(11-9-2)19(17)22-15-20(4,5)14-21(22,6)7;1-3-8-11-10-7-5-4-6-9(10)2;/h12-13,15H,8-11,14H2,1-7H3;2,4-7H,3,8H2,1H3;/q-1;;+1. The molecule has 0 spiro atoms. The van der Waals surface area contributed by atoms with Crippen LogP contribution in [-0.4, -0.2) is 16.8 Å². The van der Waals surface area contributed by atoms with Crippen LogP contribution in [0.25, 0.3) is 0 Å². The summed E-state index contributed by atoms with van der Waals surface area (Å²) in [5, 5.41) is 0. The van der Waals surface area contributed by atoms with Gasteiger partial charge in [0.2, 0.25) is 0 Å². The van der Waals surface area contributed by atoms with Crippen molar-refractivity contribution in [1.82, 2.24) is 0 Å². The van der Waals surface area contributed by atoms with Crippen LogP contribution in [-0.2, 0) is 30.7 Å². The first-order valence-corrected chi connectivity index (χ1v) is 14.0. The Morgan fingerprint density at radius 3 is 2.03 bits per heavy atom. The molecule has 0 atom stereocenters. The quantitative estimate of drug-likeness (QED) is 0.231. The molecule has 0 aliphatic carbocycles. The number of anilines is 1. The van der Waals surface area contributed by atoms with Crippen molar-refractivity contribution in [1.29, 1.82) is 0 Å². The van der Waals surface area contributed by atoms with Gasteiger partial charge >= 0.3 is 82.7 Å². The minimum absolute atomic E-state index is 0.198. The molecule has 0 N–H and O–H groups in total. The zero-order valence-corrected chi connectivity index (χ0v) is 24.5. The second-order valence-electron chi connectivity index (χ2n) is 10.9. The van der Waals surface area contributed by atoms with Gasteiger partial charge in [0, 0.05) is 11.2 Å². The van der Waals surface area contributed by atoms with Gasteiger partial charge in [-0.15, -0.1) is 5.41 Å². The molecule has 0 radical (unpaired) electrons. The van der Waals surface area contributed by atoms with Crippen molar-refractivity contribution in [2.24, 2.45) is 5.41 Å². The molecular formula is C31H46NORu. The minimum Gasteiger partial charge on any atom is -0.517 e. The number of para-hydroxylation sites is 1. The number of hydrogen-bond acceptors (Lipinski definition) is 2. The third-order valence-electron chi connectivity index (χ3n) is 6.20. The molecule has 0 amide bonds. The number of hydrogen-bond donors (Lipinski definition) is 0. The average molecular weight is 550 g/mol. The molecule has 0 bridgehead atoms. The molecule has 2 aromatic rings. The number of benzene rings is 2. The van der Waals surface area contributed by atoms with Gasteiger partial charge in [0.25, 0.3) is 0 Å². The molecule has 0 unspecified atom stereocenters. The van der Waals surface area contributed by atoms with Gasteiger partial charge < -0.3 is 4.90 Å². The van der Waals surface area contributed by atoms with Gasteiger partial charge in [-0.3, -0.25) is 0 Å². The summed E-state index contributed by atoms with van der Waals surface area (Å²) in [6.45, 7) is 21.7. The number of nitrogens with zero attached hydrogens (tertiary/aromatic N) is 1. The Bertz CT molecular complexity index is 904. The molecule has 1 aliphatic heterocycles. The Morgan fingerprint density at radius 2 is 1.56 bits per heavy atom. The van der Waals surface area contributed by atoms with Crippen molar-refractivity contribution < 1.29 is 22.6 Å². The van der Waals surface area contributed by atoms with E-state index in [0.29, 0.717) is 0 Å². The molecule has 0 aromatic heterocycles. The smallest absolute Gasteiger partial charge is 0.0140 e. The second kappa shape index (κ2) is 13.0. The summed E-state index contributed by atoms with van der Waals surface area (Å²) in [5.74, 6) is 0.970. The first-order chi connectivity index (χ1) is 16.1. The third-order valence-corrected chi connectivity index (χ3v) is 6.74. The summed E-state index contributed by atoms with van der Waals surface area (Å²) in [6, 6.07) is 12.9. The Kier molecular flexibility index (Phi) is 11.0. The molecular weight excluding hydrogens is 503 g/mol. The van der Waals surface area contributed by atoms with Gasteiger partial charge in [-0.25, -0.2) is 6.54 Å². The molecule has 0 saturated carbocycles. The van der Waals surface area contributed by atoms with Crippen LogP contribution in [0.2, 0.25) is 0 Å². The number of rotatable bonds is 9. The molecule has 2 aromatic carbocycles. The summed E-state index contributed by atoms with van der Waals surface area (Å²) in [4.78, 5) is 2.60. The minimum atomic E-state index is 0.198. The zero-order chi connectivity index (χ0) is 25.4. The van der Waals surface area contributed by atoms with Crippen molar-refractivity contribution >= 4 is 10.3 Å². The maximum absolute atomic E-state index is 5.53. The molecule has 189 valence electrons. The molecule has 1 fully saturated rings. The van der Waals surface area contributed by atoms with Crippen molar-refractivity contribution in [2.45, 2.75) is 99.5 Å². The largest absolute Gasteiger partial charge is 0.517 e. The fraction of sp³-hybridized carbons (Fsp3) is 0.548. The normalized spacial score (nSPS) is 16.1. The summed E-state index contributed by atoms with van der Waals surface area (Å²) in [7, 11) is 0. The van der Waals surface area contributed by atoms with Crippen molar-refractivity contribution in [2.75, 3.05) is 11.5 Å². The average Bonchev–Trinajstić information content (AvgIpc) is 2.99. The Morgan fingerprint density at radius 1 is 0.971 bits per heavy atom. The van der Waals surface area contributed by atoms with E-state index in [1.165, 1.54) is 54.5 Å². The van der Waals surface area contributed by atoms with E-state index >= 15 is 0 Å². The molecule has 1 saturated heterocycles. The Balaban J connectivity index is 0.000000287. The van der Waals surface area contributed by atoms with E-state index in [1.54, 1.807) is 0 Å². The van der Waals surface area contributed by atoms with Crippen molar-refractivity contribution in [3.63, 3.8) is 0 Å². The van der Waals surface area contributed by atoms with Gasteiger partial charge in [0.15, 0.2) is 0 Å². The van der Waals surface area contributed by atoms with Crippen LogP contribution < -0.4 is 9.64 Å². The van der Waals surface area contributed by atoms with Crippen LogP contribution in [0.15, 0.2) is 36.4 Å². The van der Waals surface area contributed by atoms with Crippen LogP contribution >= 0.6 is 0 Å². The first-order valence-electron chi connectivity index (χ1n) is 13.0. The summed E-state index contributed by atoms with van der Waals surface area (Å²) in [5.41, 5.74) is 7.60. The topological polar surface area (TPSA) is 12.5 Å². The van der Waals surface area contributed by atoms with Crippen LogP contribution in [0, 0.1) is 18.9 Å². The van der Waals surface area contributed by atoms with E-state index in [1.807, 2.05) is 28.9 Å². The van der Waals surface area contributed by atoms with E-state index in [-0.39, 0.29) is 11.0 Å². The van der Waals surface area contributed by atoms with Crippen LogP contribution in [0.5, 0.6) is 5.75 Å². The summed E-state index contributed by atoms with van der Waals surface area (Å²) >= 11 is 2.50. The van der Waals surface area contributed by atoms with E-state index in [9.17, 15) is 0 Å². The first kappa shape index (κ1) is 28.8. The molecule has 1 aliphatic rings. The maximum Gasteiger partial charge on any atom is 0.0140 e. The Hall–Kier alpha value is -1.47. The number of ether oxygens (including phenoxy) is 1. The molecule has 3 heteroatoms. The van der Waals surface area contributed by atoms with E-state index < -0.39 is 0 Å². The second-order valence-corrected chi connectivity index (χ2v) is 11.4. The summed E-state index contributed by atoms with van der Waals surface area (Å²) < 4.78 is 7.53. The number of aryl methyl sites for hydroxylation is 3. The third kappa shape index (κ3) is 7.77. The molecule has 1 heterocycles. The SMILES string of the molecule is CCCOc1ccccc1[CH]=[Ru+].CCCc1cc(C)cc(CCC)c1N1[CH-]C(C)(C)CC1(C)C. The molecule has 2 nitrogen and oxygen atoms in total. The van der Waals surface area contributed by atoms with Crippen molar-refractivity contribution in [3.05, 3.63) is 65.2 Å². The van der Waals surface area contributed by atoms with Crippen molar-refractivity contribution in [3.8, 4) is 5.75 Å². The fourth-order valence-corrected chi connectivity index (χ4v) is 5.62. The fourth-order valence-electron chi connectivity index (χ4n) is 5.21. The van der Waals surface area contributed by atoms with E-state index in [4.69, 9.17) is 4.74 Å². The van der Waals surface area contributed by atoms with E-state index in [0.717, 1.165) is 24.3 Å². The molecule has 3 rings (SSSR count). The summed E-state index contributed by atoms with van der Waals surface area (Å²) in [6.07, 6.45) is 7.03.